The van der Waals surface area contributed by atoms with Crippen molar-refractivity contribution in [2.75, 3.05) is 26.7 Å². The van der Waals surface area contributed by atoms with Crippen LogP contribution in [0.1, 0.15) is 17.5 Å². The third-order valence-electron chi connectivity index (χ3n) is 5.20. The molecule has 1 unspecified atom stereocenters. The summed E-state index contributed by atoms with van der Waals surface area (Å²) in [5.74, 6) is 1.08. The predicted octanol–water partition coefficient (Wildman–Crippen LogP) is 2.35. The zero-order valence-corrected chi connectivity index (χ0v) is 17.1. The maximum Gasteiger partial charge on any atom is 0.269 e. The van der Waals surface area contributed by atoms with Gasteiger partial charge in [0, 0.05) is 57.7 Å². The van der Waals surface area contributed by atoms with Gasteiger partial charge in [-0.15, -0.1) is 0 Å². The van der Waals surface area contributed by atoms with E-state index in [2.05, 4.69) is 27.8 Å². The zero-order chi connectivity index (χ0) is 21.3. The number of nitrogens with zero attached hydrogens (tertiary/aromatic N) is 3. The summed E-state index contributed by atoms with van der Waals surface area (Å²) in [6.07, 6.45) is 1.41. The number of non-ortho nitro benzene ring substituents is 1. The minimum Gasteiger partial charge on any atom is -0.356 e. The highest BCUT2D eigenvalue weighted by atomic mass is 16.6. The van der Waals surface area contributed by atoms with E-state index >= 15 is 0 Å². The fraction of sp³-hybridized carbons (Fsp3) is 0.364. The van der Waals surface area contributed by atoms with E-state index in [1.165, 1.54) is 17.7 Å². The van der Waals surface area contributed by atoms with Crippen molar-refractivity contribution in [3.05, 3.63) is 75.8 Å². The number of nitrogens with one attached hydrogen (secondary N) is 2. The van der Waals surface area contributed by atoms with Gasteiger partial charge in [-0.3, -0.25) is 19.9 Å². The van der Waals surface area contributed by atoms with Crippen LogP contribution in [0.2, 0.25) is 0 Å². The molecule has 0 saturated carbocycles. The maximum absolute atomic E-state index is 12.3. The van der Waals surface area contributed by atoms with Crippen molar-refractivity contribution in [1.82, 2.24) is 15.5 Å². The second kappa shape index (κ2) is 10.4. The first kappa shape index (κ1) is 21.3. The number of carbonyl (C=O) groups is 1. The molecule has 1 heterocycles. The van der Waals surface area contributed by atoms with E-state index in [1.807, 2.05) is 23.1 Å². The molecular formula is C22H27N5O3. The Morgan fingerprint density at radius 1 is 1.13 bits per heavy atom. The molecule has 2 aromatic carbocycles. The summed E-state index contributed by atoms with van der Waals surface area (Å²) in [7, 11) is 1.69. The molecule has 2 N–H and O–H groups in total. The van der Waals surface area contributed by atoms with E-state index < -0.39 is 4.92 Å². The summed E-state index contributed by atoms with van der Waals surface area (Å²) < 4.78 is 0. The highest BCUT2D eigenvalue weighted by Gasteiger charge is 2.29. The van der Waals surface area contributed by atoms with E-state index in [-0.39, 0.29) is 17.5 Å². The Kier molecular flexibility index (Phi) is 7.37. The summed E-state index contributed by atoms with van der Waals surface area (Å²) in [5, 5.41) is 17.2. The van der Waals surface area contributed by atoms with E-state index in [4.69, 9.17) is 0 Å². The second-order valence-electron chi connectivity index (χ2n) is 7.38. The molecule has 0 radical (unpaired) electrons. The van der Waals surface area contributed by atoms with Gasteiger partial charge in [-0.2, -0.15) is 0 Å². The molecule has 1 atom stereocenters. The van der Waals surface area contributed by atoms with Crippen molar-refractivity contribution >= 4 is 17.6 Å². The van der Waals surface area contributed by atoms with Crippen LogP contribution in [0.25, 0.3) is 0 Å². The number of amides is 1. The van der Waals surface area contributed by atoms with Gasteiger partial charge in [-0.05, 0) is 17.5 Å². The molecular weight excluding hydrogens is 382 g/mol. The van der Waals surface area contributed by atoms with Crippen molar-refractivity contribution in [3.63, 3.8) is 0 Å². The van der Waals surface area contributed by atoms with Crippen LogP contribution in [-0.4, -0.2) is 48.4 Å². The maximum atomic E-state index is 12.3. The molecule has 0 spiro atoms. The van der Waals surface area contributed by atoms with E-state index in [9.17, 15) is 14.9 Å². The molecule has 3 rings (SSSR count). The molecule has 8 heteroatoms. The third kappa shape index (κ3) is 6.04. The van der Waals surface area contributed by atoms with Crippen LogP contribution in [0.3, 0.4) is 0 Å². The Labute approximate surface area is 176 Å². The van der Waals surface area contributed by atoms with Gasteiger partial charge in [-0.1, -0.05) is 42.5 Å². The molecule has 158 valence electrons. The average molecular weight is 409 g/mol. The third-order valence-corrected chi connectivity index (χ3v) is 5.20. The average Bonchev–Trinajstić information content (AvgIpc) is 3.13. The number of guanidine groups is 1. The summed E-state index contributed by atoms with van der Waals surface area (Å²) in [4.78, 5) is 28.8. The molecule has 1 amide bonds. The molecule has 0 aromatic heterocycles. The molecule has 2 aromatic rings. The largest absolute Gasteiger partial charge is 0.356 e. The van der Waals surface area contributed by atoms with Gasteiger partial charge < -0.3 is 15.5 Å². The standard InChI is InChI=1S/C22H27N5O3/c1-23-22(24-14-18-7-9-20(10-8-18)27(29)30)25-15-19-13-21(28)26(16-19)12-11-17-5-3-2-4-6-17/h2-10,19H,11-16H2,1H3,(H2,23,24,25). The number of likely N-dealkylation sites (tertiary alicyclic amines) is 1. The molecule has 30 heavy (non-hydrogen) atoms. The van der Waals surface area contributed by atoms with E-state index in [0.717, 1.165) is 25.1 Å². The number of benzene rings is 2. The number of rotatable bonds is 8. The Morgan fingerprint density at radius 2 is 1.87 bits per heavy atom. The lowest BCUT2D eigenvalue weighted by Crippen LogP contribution is -2.40. The van der Waals surface area contributed by atoms with Gasteiger partial charge in [0.2, 0.25) is 5.91 Å². The number of hydrogen-bond donors (Lipinski definition) is 2. The van der Waals surface area contributed by atoms with E-state index in [1.54, 1.807) is 19.2 Å². The fourth-order valence-electron chi connectivity index (χ4n) is 3.50. The highest BCUT2D eigenvalue weighted by molar-refractivity contribution is 5.80. The number of nitro groups is 1. The Hall–Kier alpha value is -3.42. The quantitative estimate of drug-likeness (QED) is 0.302. The monoisotopic (exact) mass is 409 g/mol. The van der Waals surface area contributed by atoms with Crippen molar-refractivity contribution in [2.45, 2.75) is 19.4 Å². The lowest BCUT2D eigenvalue weighted by atomic mass is 10.1. The molecule has 0 aliphatic carbocycles. The van der Waals surface area contributed by atoms with Gasteiger partial charge in [-0.25, -0.2) is 0 Å². The van der Waals surface area contributed by atoms with Crippen LogP contribution in [0, 0.1) is 16.0 Å². The first-order chi connectivity index (χ1) is 14.5. The number of nitro benzene ring substituents is 1. The minimum atomic E-state index is -0.413. The topological polar surface area (TPSA) is 99.9 Å². The van der Waals surface area contributed by atoms with Crippen LogP contribution in [0.4, 0.5) is 5.69 Å². The molecule has 1 aliphatic heterocycles. The molecule has 0 bridgehead atoms. The zero-order valence-electron chi connectivity index (χ0n) is 17.1. The van der Waals surface area contributed by atoms with Crippen LogP contribution in [0.15, 0.2) is 59.6 Å². The highest BCUT2D eigenvalue weighted by Crippen LogP contribution is 2.17. The van der Waals surface area contributed by atoms with Gasteiger partial charge >= 0.3 is 0 Å². The van der Waals surface area contributed by atoms with Crippen molar-refractivity contribution in [2.24, 2.45) is 10.9 Å². The predicted molar refractivity (Wildman–Crippen MR) is 116 cm³/mol. The SMILES string of the molecule is CN=C(NCc1ccc([N+](=O)[O-])cc1)NCC1CC(=O)N(CCc2ccccc2)C1. The second-order valence-corrected chi connectivity index (χ2v) is 7.38. The fourth-order valence-corrected chi connectivity index (χ4v) is 3.50. The molecule has 1 aliphatic rings. The Morgan fingerprint density at radius 3 is 2.53 bits per heavy atom. The van der Waals surface area contributed by atoms with Crippen LogP contribution < -0.4 is 10.6 Å². The summed E-state index contributed by atoms with van der Waals surface area (Å²) in [5.41, 5.74) is 2.23. The Bertz CT molecular complexity index is 883. The molecule has 1 saturated heterocycles. The van der Waals surface area contributed by atoms with Gasteiger partial charge in [0.05, 0.1) is 4.92 Å². The number of carbonyl (C=O) groups excluding carboxylic acids is 1. The lowest BCUT2D eigenvalue weighted by Gasteiger charge is -2.18. The minimum absolute atomic E-state index is 0.0731. The van der Waals surface area contributed by atoms with Crippen molar-refractivity contribution in [3.8, 4) is 0 Å². The summed E-state index contributed by atoms with van der Waals surface area (Å²) in [6, 6.07) is 16.6. The normalized spacial score (nSPS) is 16.6. The van der Waals surface area contributed by atoms with Gasteiger partial charge in [0.25, 0.3) is 5.69 Å². The van der Waals surface area contributed by atoms with E-state index in [0.29, 0.717) is 25.5 Å². The summed E-state index contributed by atoms with van der Waals surface area (Å²) >= 11 is 0. The molecule has 1 fully saturated rings. The smallest absolute Gasteiger partial charge is 0.269 e. The van der Waals surface area contributed by atoms with Crippen molar-refractivity contribution in [1.29, 1.82) is 0 Å². The Balaban J connectivity index is 1.41. The van der Waals surface area contributed by atoms with Crippen molar-refractivity contribution < 1.29 is 9.72 Å². The molecule has 8 nitrogen and oxygen atoms in total. The van der Waals surface area contributed by atoms with Crippen LogP contribution in [0.5, 0.6) is 0 Å². The lowest BCUT2D eigenvalue weighted by molar-refractivity contribution is -0.384. The van der Waals surface area contributed by atoms with Gasteiger partial charge in [0.15, 0.2) is 5.96 Å². The first-order valence-corrected chi connectivity index (χ1v) is 10.0. The number of aliphatic imine (C=N–C) groups is 1. The first-order valence-electron chi connectivity index (χ1n) is 10.0. The number of hydrogen-bond acceptors (Lipinski definition) is 4. The van der Waals surface area contributed by atoms with Crippen LogP contribution in [-0.2, 0) is 17.8 Å². The summed E-state index contributed by atoms with van der Waals surface area (Å²) in [6.45, 7) is 2.66. The van der Waals surface area contributed by atoms with Gasteiger partial charge in [0.1, 0.15) is 0 Å². The van der Waals surface area contributed by atoms with Crippen LogP contribution >= 0.6 is 0 Å².